The maximum Gasteiger partial charge on any atom is 0.204 e. The molecule has 0 aliphatic carbocycles. The fourth-order valence-corrected chi connectivity index (χ4v) is 3.41. The van der Waals surface area contributed by atoms with Gasteiger partial charge in [-0.3, -0.25) is 0 Å². The van der Waals surface area contributed by atoms with E-state index in [2.05, 4.69) is 0 Å². The predicted octanol–water partition coefficient (Wildman–Crippen LogP) is 1.87. The lowest BCUT2D eigenvalue weighted by atomic mass is 10.6. The van der Waals surface area contributed by atoms with E-state index in [4.69, 9.17) is 0 Å². The quantitative estimate of drug-likeness (QED) is 0.625. The lowest BCUT2D eigenvalue weighted by Crippen LogP contribution is -2.11. The Hall–Kier alpha value is 0.300. The second-order valence-corrected chi connectivity index (χ2v) is 7.72. The highest BCUT2D eigenvalue weighted by atomic mass is 33.1. The van der Waals surface area contributed by atoms with Crippen molar-refractivity contribution in [3.05, 3.63) is 0 Å². The molecular weight excluding hydrogens is 168 g/mol. The first-order chi connectivity index (χ1) is 4.36. The Kier molecular flexibility index (Phi) is 3.73. The van der Waals surface area contributed by atoms with Crippen LogP contribution >= 0.6 is 10.8 Å². The molecule has 10 heavy (non-hydrogen) atoms. The molecule has 0 spiro atoms. The van der Waals surface area contributed by atoms with E-state index in [1.165, 1.54) is 0 Å². The summed E-state index contributed by atoms with van der Waals surface area (Å²) in [5, 5.41) is -0.104. The summed E-state index contributed by atoms with van der Waals surface area (Å²) in [7, 11) is -1.84. The molecule has 0 aromatic heterocycles. The van der Waals surface area contributed by atoms with Crippen LogP contribution in [0, 0.1) is 0 Å². The molecule has 0 saturated carbocycles. The summed E-state index contributed by atoms with van der Waals surface area (Å²) in [4.78, 5) is 0. The molecule has 0 amide bonds. The number of rotatable bonds is 3. The van der Waals surface area contributed by atoms with Gasteiger partial charge in [0.15, 0.2) is 0 Å². The highest BCUT2D eigenvalue weighted by Gasteiger charge is 2.17. The Morgan fingerprint density at radius 3 is 1.60 bits per heavy atom. The van der Waals surface area contributed by atoms with Crippen LogP contribution in [0.2, 0.25) is 0 Å². The zero-order valence-corrected chi connectivity index (χ0v) is 8.42. The molecule has 0 aliphatic rings. The van der Waals surface area contributed by atoms with E-state index >= 15 is 0 Å². The van der Waals surface area contributed by atoms with Gasteiger partial charge in [0, 0.05) is 5.25 Å². The van der Waals surface area contributed by atoms with E-state index in [-0.39, 0.29) is 10.5 Å². The molecule has 0 N–H and O–H groups in total. The molecule has 2 nitrogen and oxygen atoms in total. The van der Waals surface area contributed by atoms with Gasteiger partial charge in [0.25, 0.3) is 0 Å². The summed E-state index contributed by atoms with van der Waals surface area (Å²) >= 11 is 0. The van der Waals surface area contributed by atoms with Gasteiger partial charge in [-0.15, -0.1) is 0 Å². The van der Waals surface area contributed by atoms with Crippen molar-refractivity contribution in [3.8, 4) is 0 Å². The van der Waals surface area contributed by atoms with Crippen LogP contribution in [0.3, 0.4) is 0 Å². The minimum atomic E-state index is -2.88. The van der Waals surface area contributed by atoms with Crippen LogP contribution in [0.25, 0.3) is 0 Å². The molecule has 0 fully saturated rings. The van der Waals surface area contributed by atoms with Crippen LogP contribution in [0.4, 0.5) is 0 Å². The molecule has 0 radical (unpaired) electrons. The molecular formula is C6H14O2S2. The van der Waals surface area contributed by atoms with Gasteiger partial charge >= 0.3 is 0 Å². The van der Waals surface area contributed by atoms with Crippen molar-refractivity contribution in [2.75, 3.05) is 0 Å². The molecule has 0 heterocycles. The molecule has 0 rings (SSSR count). The van der Waals surface area contributed by atoms with Crippen LogP contribution in [0.5, 0.6) is 0 Å². The van der Waals surface area contributed by atoms with Gasteiger partial charge in [-0.05, 0) is 24.6 Å². The van der Waals surface area contributed by atoms with Crippen LogP contribution in [-0.2, 0) is 8.87 Å². The first-order valence-electron chi connectivity index (χ1n) is 3.28. The summed E-state index contributed by atoms with van der Waals surface area (Å²) in [6, 6.07) is 0. The molecule has 0 unspecified atom stereocenters. The molecule has 0 bridgehead atoms. The van der Waals surface area contributed by atoms with Gasteiger partial charge in [0.05, 0.1) is 5.25 Å². The number of hydrogen-bond donors (Lipinski definition) is 0. The van der Waals surface area contributed by atoms with E-state index in [9.17, 15) is 8.42 Å². The fraction of sp³-hybridized carbons (Fsp3) is 1.00. The molecule has 0 aliphatic heterocycles. The molecule has 4 heteroatoms. The van der Waals surface area contributed by atoms with Gasteiger partial charge in [-0.2, -0.15) is 0 Å². The van der Waals surface area contributed by atoms with Crippen LogP contribution < -0.4 is 0 Å². The third kappa shape index (κ3) is 3.46. The third-order valence-electron chi connectivity index (χ3n) is 0.904. The Morgan fingerprint density at radius 2 is 1.50 bits per heavy atom. The van der Waals surface area contributed by atoms with Crippen molar-refractivity contribution < 1.29 is 8.42 Å². The number of hydrogen-bond acceptors (Lipinski definition) is 3. The molecule has 0 atom stereocenters. The highest BCUT2D eigenvalue weighted by molar-refractivity contribution is 8.72. The average molecular weight is 182 g/mol. The Labute approximate surface area is 66.7 Å². The standard InChI is InChI=1S/C6H14O2S2/c1-5(2)9-10(7,8)6(3)4/h5-6H,1-4H3. The largest absolute Gasteiger partial charge is 0.217 e. The molecule has 0 aromatic carbocycles. The SMILES string of the molecule is CC(C)SS(=O)(=O)C(C)C. The average Bonchev–Trinajstić information content (AvgIpc) is 1.60. The Bertz CT molecular complexity index is 180. The molecule has 62 valence electrons. The Balaban J connectivity index is 4.16. The van der Waals surface area contributed by atoms with Crippen LogP contribution in [-0.4, -0.2) is 18.9 Å². The van der Waals surface area contributed by atoms with Gasteiger partial charge in [0.2, 0.25) is 8.87 Å². The summed E-state index contributed by atoms with van der Waals surface area (Å²) in [5.41, 5.74) is 0. The summed E-state index contributed by atoms with van der Waals surface area (Å²) < 4.78 is 22.2. The van der Waals surface area contributed by atoms with Gasteiger partial charge in [0.1, 0.15) is 0 Å². The lowest BCUT2D eigenvalue weighted by molar-refractivity contribution is 0.602. The summed E-state index contributed by atoms with van der Waals surface area (Å²) in [5.74, 6) is 0. The second kappa shape index (κ2) is 3.62. The first kappa shape index (κ1) is 10.3. The van der Waals surface area contributed by atoms with Crippen molar-refractivity contribution in [1.29, 1.82) is 0 Å². The van der Waals surface area contributed by atoms with E-state index in [1.54, 1.807) is 13.8 Å². The fourth-order valence-electron chi connectivity index (χ4n) is 0.379. The smallest absolute Gasteiger partial charge is 0.204 e. The zero-order chi connectivity index (χ0) is 8.36. The van der Waals surface area contributed by atoms with E-state index in [1.807, 2.05) is 13.8 Å². The van der Waals surface area contributed by atoms with E-state index < -0.39 is 8.87 Å². The minimum absolute atomic E-state index is 0.160. The Morgan fingerprint density at radius 1 is 1.10 bits per heavy atom. The van der Waals surface area contributed by atoms with Crippen molar-refractivity contribution >= 4 is 19.7 Å². The second-order valence-electron chi connectivity index (χ2n) is 2.69. The highest BCUT2D eigenvalue weighted by Crippen LogP contribution is 2.22. The maximum atomic E-state index is 11.1. The lowest BCUT2D eigenvalue weighted by Gasteiger charge is -2.08. The minimum Gasteiger partial charge on any atom is -0.217 e. The maximum absolute atomic E-state index is 11.1. The van der Waals surface area contributed by atoms with Crippen LogP contribution in [0.1, 0.15) is 27.7 Å². The first-order valence-corrected chi connectivity index (χ1v) is 6.22. The summed E-state index contributed by atoms with van der Waals surface area (Å²) in [6.07, 6.45) is 0. The van der Waals surface area contributed by atoms with Gasteiger partial charge in [-0.25, -0.2) is 8.42 Å². The topological polar surface area (TPSA) is 34.1 Å². The van der Waals surface area contributed by atoms with Crippen LogP contribution in [0.15, 0.2) is 0 Å². The van der Waals surface area contributed by atoms with Gasteiger partial charge < -0.3 is 0 Å². The van der Waals surface area contributed by atoms with Crippen molar-refractivity contribution in [3.63, 3.8) is 0 Å². The monoisotopic (exact) mass is 182 g/mol. The van der Waals surface area contributed by atoms with Gasteiger partial charge in [-0.1, -0.05) is 13.8 Å². The zero-order valence-electron chi connectivity index (χ0n) is 6.79. The van der Waals surface area contributed by atoms with E-state index in [0.717, 1.165) is 10.8 Å². The molecule has 0 aromatic rings. The van der Waals surface area contributed by atoms with Crippen molar-refractivity contribution in [2.24, 2.45) is 0 Å². The van der Waals surface area contributed by atoms with Crippen molar-refractivity contribution in [2.45, 2.75) is 38.2 Å². The summed E-state index contributed by atoms with van der Waals surface area (Å²) in [6.45, 7) is 7.16. The normalized spacial score (nSPS) is 13.0. The van der Waals surface area contributed by atoms with E-state index in [0.29, 0.717) is 0 Å². The molecule has 0 saturated heterocycles. The van der Waals surface area contributed by atoms with Crippen molar-refractivity contribution in [1.82, 2.24) is 0 Å². The predicted molar refractivity (Wildman–Crippen MR) is 46.8 cm³/mol. The third-order valence-corrected chi connectivity index (χ3v) is 5.83.